The number of carbonyl (C=O) groups excluding carboxylic acids is 2. The monoisotopic (exact) mass is 375 g/mol. The van der Waals surface area contributed by atoms with E-state index in [2.05, 4.69) is 15.2 Å². The molecule has 0 radical (unpaired) electrons. The third-order valence-corrected chi connectivity index (χ3v) is 6.46. The summed E-state index contributed by atoms with van der Waals surface area (Å²) >= 11 is 7.89. The summed E-state index contributed by atoms with van der Waals surface area (Å²) in [5.74, 6) is 0.196. The number of pyridine rings is 1. The summed E-state index contributed by atoms with van der Waals surface area (Å²) in [7, 11) is 0. The van der Waals surface area contributed by atoms with Gasteiger partial charge < -0.3 is 10.2 Å². The van der Waals surface area contributed by atoms with Crippen LogP contribution < -0.4 is 10.2 Å². The topological polar surface area (TPSA) is 62.3 Å². The summed E-state index contributed by atoms with van der Waals surface area (Å²) in [6.45, 7) is 2.35. The van der Waals surface area contributed by atoms with Crippen LogP contribution in [0.25, 0.3) is 11.1 Å². The third kappa shape index (κ3) is 2.83. The first kappa shape index (κ1) is 16.5. The van der Waals surface area contributed by atoms with Gasteiger partial charge in [-0.05, 0) is 36.3 Å². The second-order valence-corrected chi connectivity index (χ2v) is 8.00. The molecule has 2 aromatic heterocycles. The second kappa shape index (κ2) is 6.42. The predicted molar refractivity (Wildman–Crippen MR) is 99.5 cm³/mol. The van der Waals surface area contributed by atoms with Gasteiger partial charge in [-0.2, -0.15) is 0 Å². The highest BCUT2D eigenvalue weighted by molar-refractivity contribution is 7.12. The average Bonchev–Trinajstić information content (AvgIpc) is 3.24. The first-order valence-corrected chi connectivity index (χ1v) is 9.59. The van der Waals surface area contributed by atoms with Gasteiger partial charge in [0.15, 0.2) is 6.29 Å². The van der Waals surface area contributed by atoms with Crippen LogP contribution >= 0.6 is 22.9 Å². The fourth-order valence-electron chi connectivity index (χ4n) is 3.87. The van der Waals surface area contributed by atoms with E-state index in [4.69, 9.17) is 11.6 Å². The number of carbonyl (C=O) groups is 2. The van der Waals surface area contributed by atoms with Crippen molar-refractivity contribution in [3.63, 3.8) is 0 Å². The molecule has 0 aromatic carbocycles. The van der Waals surface area contributed by atoms with Crippen molar-refractivity contribution in [3.05, 3.63) is 33.7 Å². The lowest BCUT2D eigenvalue weighted by Gasteiger charge is -2.39. The quantitative estimate of drug-likeness (QED) is 0.835. The first-order valence-electron chi connectivity index (χ1n) is 8.34. The van der Waals surface area contributed by atoms with Gasteiger partial charge in [-0.3, -0.25) is 14.6 Å². The van der Waals surface area contributed by atoms with Crippen molar-refractivity contribution in [2.75, 3.05) is 24.5 Å². The van der Waals surface area contributed by atoms with E-state index in [-0.39, 0.29) is 11.3 Å². The molecule has 2 aromatic rings. The molecule has 1 N–H and O–H groups in total. The third-order valence-electron chi connectivity index (χ3n) is 5.33. The van der Waals surface area contributed by atoms with Crippen LogP contribution in [0.3, 0.4) is 0 Å². The number of piperidine rings is 1. The normalized spacial score (nSPS) is 19.2. The van der Waals surface area contributed by atoms with Crippen LogP contribution in [0.1, 0.15) is 28.9 Å². The first-order chi connectivity index (χ1) is 12.1. The Morgan fingerprint density at radius 1 is 1.28 bits per heavy atom. The van der Waals surface area contributed by atoms with Gasteiger partial charge >= 0.3 is 0 Å². The molecule has 0 bridgehead atoms. The Bertz CT molecular complexity index is 827. The number of thiophene rings is 1. The minimum atomic E-state index is -0.205. The van der Waals surface area contributed by atoms with Crippen LogP contribution in [0.5, 0.6) is 0 Å². The van der Waals surface area contributed by atoms with Crippen molar-refractivity contribution in [3.8, 4) is 11.1 Å². The summed E-state index contributed by atoms with van der Waals surface area (Å²) in [5, 5.41) is 5.52. The number of hydrogen-bond donors (Lipinski definition) is 1. The average molecular weight is 376 g/mol. The molecule has 4 rings (SSSR count). The Balaban J connectivity index is 1.65. The van der Waals surface area contributed by atoms with E-state index in [0.29, 0.717) is 9.90 Å². The summed E-state index contributed by atoms with van der Waals surface area (Å²) in [6, 6.07) is 1.87. The van der Waals surface area contributed by atoms with Gasteiger partial charge in [0.1, 0.15) is 0 Å². The molecule has 0 atom stereocenters. The Morgan fingerprint density at radius 2 is 2.08 bits per heavy atom. The van der Waals surface area contributed by atoms with Crippen molar-refractivity contribution in [1.82, 2.24) is 10.3 Å². The number of anilines is 1. The molecule has 7 heteroatoms. The Morgan fingerprint density at radius 3 is 2.72 bits per heavy atom. The molecular formula is C18H18ClN3O2S. The van der Waals surface area contributed by atoms with Gasteiger partial charge in [0, 0.05) is 37.6 Å². The van der Waals surface area contributed by atoms with E-state index in [9.17, 15) is 9.59 Å². The zero-order chi connectivity index (χ0) is 17.4. The predicted octanol–water partition coefficient (Wildman–Crippen LogP) is 3.38. The van der Waals surface area contributed by atoms with Crippen LogP contribution in [0.2, 0.25) is 5.02 Å². The molecule has 1 amide bonds. The van der Waals surface area contributed by atoms with Crippen molar-refractivity contribution in [1.29, 1.82) is 0 Å². The maximum absolute atomic E-state index is 12.2. The van der Waals surface area contributed by atoms with Crippen LogP contribution in [-0.4, -0.2) is 36.8 Å². The number of rotatable bonds is 3. The van der Waals surface area contributed by atoms with Crippen LogP contribution in [-0.2, 0) is 4.79 Å². The van der Waals surface area contributed by atoms with Gasteiger partial charge in [-0.1, -0.05) is 11.6 Å². The van der Waals surface area contributed by atoms with Gasteiger partial charge in [0.05, 0.1) is 21.0 Å². The van der Waals surface area contributed by atoms with Crippen LogP contribution in [0, 0.1) is 5.41 Å². The molecule has 0 saturated carbocycles. The zero-order valence-corrected chi connectivity index (χ0v) is 15.2. The number of hydrogen-bond acceptors (Lipinski definition) is 5. The Labute approximate surface area is 155 Å². The molecule has 2 saturated heterocycles. The molecule has 0 unspecified atom stereocenters. The van der Waals surface area contributed by atoms with E-state index >= 15 is 0 Å². The number of aldehydes is 1. The molecule has 2 aliphatic rings. The van der Waals surface area contributed by atoms with Gasteiger partial charge in [-0.15, -0.1) is 11.3 Å². The van der Waals surface area contributed by atoms with E-state index in [1.165, 1.54) is 11.3 Å². The standard InChI is InChI=1S/C18H18ClN3O2S/c19-15-9-20-8-14(12-7-13(10-23)25-11-12)16(15)22-5-2-18(3-6-22)1-4-21-17(18)24/h7-11H,1-6H2,(H,21,24). The maximum Gasteiger partial charge on any atom is 0.226 e. The molecule has 1 spiro atoms. The largest absolute Gasteiger partial charge is 0.370 e. The maximum atomic E-state index is 12.2. The van der Waals surface area contributed by atoms with Crippen molar-refractivity contribution in [2.24, 2.45) is 5.41 Å². The van der Waals surface area contributed by atoms with E-state index in [1.54, 1.807) is 12.4 Å². The van der Waals surface area contributed by atoms with Gasteiger partial charge in [0.2, 0.25) is 5.91 Å². The fraction of sp³-hybridized carbons (Fsp3) is 0.389. The number of nitrogens with zero attached hydrogens (tertiary/aromatic N) is 2. The molecule has 2 aliphatic heterocycles. The Kier molecular flexibility index (Phi) is 4.25. The van der Waals surface area contributed by atoms with Crippen LogP contribution in [0.4, 0.5) is 5.69 Å². The summed E-state index contributed by atoms with van der Waals surface area (Å²) < 4.78 is 0. The lowest BCUT2D eigenvalue weighted by Crippen LogP contribution is -2.44. The zero-order valence-electron chi connectivity index (χ0n) is 13.6. The number of halogens is 1. The number of amides is 1. The molecule has 4 heterocycles. The lowest BCUT2D eigenvalue weighted by atomic mass is 9.77. The van der Waals surface area contributed by atoms with E-state index in [1.807, 2.05) is 11.4 Å². The summed E-state index contributed by atoms with van der Waals surface area (Å²) in [4.78, 5) is 30.3. The smallest absolute Gasteiger partial charge is 0.226 e. The second-order valence-electron chi connectivity index (χ2n) is 6.65. The minimum Gasteiger partial charge on any atom is -0.370 e. The number of aromatic nitrogens is 1. The molecular weight excluding hydrogens is 358 g/mol. The van der Waals surface area contributed by atoms with Crippen molar-refractivity contribution >= 4 is 40.8 Å². The molecule has 0 aliphatic carbocycles. The Hall–Kier alpha value is -1.92. The highest BCUT2D eigenvalue weighted by atomic mass is 35.5. The highest BCUT2D eigenvalue weighted by Crippen LogP contribution is 2.43. The molecule has 130 valence electrons. The number of nitrogens with one attached hydrogen (secondary N) is 1. The van der Waals surface area contributed by atoms with E-state index < -0.39 is 0 Å². The summed E-state index contributed by atoms with van der Waals surface area (Å²) in [5.41, 5.74) is 2.63. The highest BCUT2D eigenvalue weighted by Gasteiger charge is 2.44. The summed E-state index contributed by atoms with van der Waals surface area (Å²) in [6.07, 6.45) is 6.89. The SMILES string of the molecule is O=Cc1cc(-c2cncc(Cl)c2N2CCC3(CCNC3=O)CC2)cs1. The van der Waals surface area contributed by atoms with Crippen molar-refractivity contribution in [2.45, 2.75) is 19.3 Å². The van der Waals surface area contributed by atoms with Crippen molar-refractivity contribution < 1.29 is 9.59 Å². The van der Waals surface area contributed by atoms with E-state index in [0.717, 1.165) is 62.0 Å². The van der Waals surface area contributed by atoms with Crippen LogP contribution in [0.15, 0.2) is 23.8 Å². The van der Waals surface area contributed by atoms with Gasteiger partial charge in [-0.25, -0.2) is 0 Å². The fourth-order valence-corrected chi connectivity index (χ4v) is 4.85. The molecule has 2 fully saturated rings. The van der Waals surface area contributed by atoms with Gasteiger partial charge in [0.25, 0.3) is 0 Å². The molecule has 5 nitrogen and oxygen atoms in total. The molecule has 25 heavy (non-hydrogen) atoms. The lowest BCUT2D eigenvalue weighted by molar-refractivity contribution is -0.128. The minimum absolute atomic E-state index is 0.196.